The number of imidazole rings is 1. The fourth-order valence-corrected chi connectivity index (χ4v) is 7.18. The van der Waals surface area contributed by atoms with Crippen LogP contribution >= 0.6 is 11.8 Å². The molecule has 3 N–H and O–H groups in total. The highest BCUT2D eigenvalue weighted by Crippen LogP contribution is 2.31. The molecule has 0 aliphatic carbocycles. The molecule has 0 bridgehead atoms. The number of aryl methyl sites for hydroxylation is 1. The second kappa shape index (κ2) is 15.3. The lowest BCUT2D eigenvalue weighted by atomic mass is 9.90. The van der Waals surface area contributed by atoms with Crippen LogP contribution in [0.25, 0.3) is 11.3 Å². The number of rotatable bonds is 9. The van der Waals surface area contributed by atoms with Crippen molar-refractivity contribution in [3.8, 4) is 0 Å². The van der Waals surface area contributed by atoms with Gasteiger partial charge in [-0.05, 0) is 111 Å². The molecule has 0 spiro atoms. The molecule has 1 aromatic carbocycles. The van der Waals surface area contributed by atoms with Crippen molar-refractivity contribution >= 4 is 34.8 Å². The number of nitrogens with zero attached hydrogens (tertiary/aromatic N) is 5. The quantitative estimate of drug-likeness (QED) is 0.307. The minimum atomic E-state index is -0.400. The number of aliphatic hydroxyl groups excluding tert-OH is 1. The van der Waals surface area contributed by atoms with Crippen LogP contribution in [0.15, 0.2) is 48.0 Å². The topological polar surface area (TPSA) is 90.3 Å². The Morgan fingerprint density at radius 3 is 2.66 bits per heavy atom. The summed E-state index contributed by atoms with van der Waals surface area (Å²) < 4.78 is 15.5. The minimum Gasteiger partial charge on any atom is -0.398 e. The minimum absolute atomic E-state index is 0.148. The number of hydrogen-bond donors (Lipinski definition) is 2. The van der Waals surface area contributed by atoms with Crippen molar-refractivity contribution in [2.24, 2.45) is 5.73 Å². The van der Waals surface area contributed by atoms with Crippen LogP contribution in [-0.4, -0.2) is 82.0 Å². The largest absolute Gasteiger partial charge is 0.398 e. The van der Waals surface area contributed by atoms with Crippen LogP contribution in [-0.2, 0) is 11.2 Å². The Labute approximate surface area is 265 Å². The summed E-state index contributed by atoms with van der Waals surface area (Å²) in [5.74, 6) is 2.06. The van der Waals surface area contributed by atoms with Crippen molar-refractivity contribution in [1.82, 2.24) is 19.2 Å². The summed E-state index contributed by atoms with van der Waals surface area (Å²) in [7, 11) is 2.08. The van der Waals surface area contributed by atoms with E-state index in [2.05, 4.69) is 46.5 Å². The molecule has 1 amide bonds. The monoisotopic (exact) mass is 622 g/mol. The fourth-order valence-electron chi connectivity index (χ4n) is 6.44. The van der Waals surface area contributed by atoms with Crippen molar-refractivity contribution in [2.75, 3.05) is 50.5 Å². The second-order valence-corrected chi connectivity index (χ2v) is 13.1. The predicted octanol–water partition coefficient (Wildman–Crippen LogP) is 5.45. The number of aliphatic hydroxyl groups is 1. The third-order valence-corrected chi connectivity index (χ3v) is 9.90. The first-order valence-corrected chi connectivity index (χ1v) is 17.1. The first-order chi connectivity index (χ1) is 21.3. The normalized spacial score (nSPS) is 20.7. The number of fused-ring (bicyclic) bond motifs is 1. The molecule has 2 saturated heterocycles. The maximum absolute atomic E-state index is 13.3. The van der Waals surface area contributed by atoms with Crippen LogP contribution in [0.5, 0.6) is 0 Å². The molecule has 2 aliphatic heterocycles. The zero-order valence-corrected chi connectivity index (χ0v) is 26.9. The lowest BCUT2D eigenvalue weighted by Gasteiger charge is -2.30. The standard InChI is InChI=1S/C34H47FN6O2S/c1-3-31-34(38(2)24-44-23-30(36)26-10-13-28(35)14-11-26)41-20-27(12-15-32(41)37-31)25-8-4-6-17-39(19-16-25)22-33(43)40-18-7-5-9-29(42)21-40/h10-15,20,23,25,29,42H,3-9,16-19,21-22,24,36H2,1-2H3/b30-23-. The van der Waals surface area contributed by atoms with Gasteiger partial charge in [0, 0.05) is 32.0 Å². The van der Waals surface area contributed by atoms with Crippen LogP contribution in [0.4, 0.5) is 10.2 Å². The molecule has 2 atom stereocenters. The van der Waals surface area contributed by atoms with Gasteiger partial charge in [-0.15, -0.1) is 11.8 Å². The van der Waals surface area contributed by atoms with Crippen LogP contribution in [0.3, 0.4) is 0 Å². The molecule has 0 radical (unpaired) electrons. The number of thioether (sulfide) groups is 1. The molecule has 3 aromatic rings. The number of anilines is 1. The van der Waals surface area contributed by atoms with Gasteiger partial charge < -0.3 is 20.6 Å². The molecule has 44 heavy (non-hydrogen) atoms. The summed E-state index contributed by atoms with van der Waals surface area (Å²) in [6.45, 7) is 5.63. The smallest absolute Gasteiger partial charge is 0.236 e. The molecular weight excluding hydrogens is 575 g/mol. The van der Waals surface area contributed by atoms with Gasteiger partial charge in [0.25, 0.3) is 0 Å². The Morgan fingerprint density at radius 1 is 1.09 bits per heavy atom. The first kappa shape index (κ1) is 32.3. The van der Waals surface area contributed by atoms with Gasteiger partial charge >= 0.3 is 0 Å². The Morgan fingerprint density at radius 2 is 1.86 bits per heavy atom. The number of halogens is 1. The van der Waals surface area contributed by atoms with Gasteiger partial charge in [-0.1, -0.05) is 19.4 Å². The molecule has 238 valence electrons. The zero-order chi connectivity index (χ0) is 31.1. The van der Waals surface area contributed by atoms with Gasteiger partial charge in [0.2, 0.25) is 5.91 Å². The lowest BCUT2D eigenvalue weighted by Crippen LogP contribution is -2.44. The number of carbonyl (C=O) groups is 1. The Balaban J connectivity index is 1.26. The summed E-state index contributed by atoms with van der Waals surface area (Å²) >= 11 is 1.60. The van der Waals surface area contributed by atoms with Crippen molar-refractivity contribution in [3.63, 3.8) is 0 Å². The lowest BCUT2D eigenvalue weighted by molar-refractivity contribution is -0.133. The summed E-state index contributed by atoms with van der Waals surface area (Å²) in [5.41, 5.74) is 11.0. The fraction of sp³-hybridized carbons (Fsp3) is 0.529. The van der Waals surface area contributed by atoms with Crippen molar-refractivity contribution in [1.29, 1.82) is 0 Å². The number of likely N-dealkylation sites (tertiary alicyclic amines) is 2. The summed E-state index contributed by atoms with van der Waals surface area (Å²) in [6.07, 6.45) is 9.79. The molecule has 10 heteroatoms. The van der Waals surface area contributed by atoms with E-state index in [1.165, 1.54) is 17.7 Å². The first-order valence-electron chi connectivity index (χ1n) is 16.1. The number of pyridine rings is 1. The highest BCUT2D eigenvalue weighted by molar-refractivity contribution is 8.02. The number of hydrogen-bond acceptors (Lipinski definition) is 7. The van der Waals surface area contributed by atoms with E-state index in [-0.39, 0.29) is 11.7 Å². The van der Waals surface area contributed by atoms with E-state index in [9.17, 15) is 14.3 Å². The number of amides is 1. The Bertz CT molecular complexity index is 1430. The maximum atomic E-state index is 13.3. The number of carbonyl (C=O) groups excluding carboxylic acids is 1. The zero-order valence-electron chi connectivity index (χ0n) is 26.1. The third-order valence-electron chi connectivity index (χ3n) is 8.94. The Kier molecular flexibility index (Phi) is 11.2. The van der Waals surface area contributed by atoms with E-state index < -0.39 is 6.10 Å². The third kappa shape index (κ3) is 8.14. The van der Waals surface area contributed by atoms with Gasteiger partial charge in [-0.3, -0.25) is 14.1 Å². The summed E-state index contributed by atoms with van der Waals surface area (Å²) in [5, 5.41) is 12.1. The number of β-amino-alcohol motifs (C(OH)–C–C–N with tert-alkyl or cyclic N) is 1. The average molecular weight is 623 g/mol. The van der Waals surface area contributed by atoms with Crippen LogP contribution in [0, 0.1) is 5.82 Å². The van der Waals surface area contributed by atoms with Crippen LogP contribution < -0.4 is 10.6 Å². The molecular formula is C34H47FN6O2S. The second-order valence-electron chi connectivity index (χ2n) is 12.2. The summed E-state index contributed by atoms with van der Waals surface area (Å²) in [4.78, 5) is 24.5. The van der Waals surface area contributed by atoms with Crippen LogP contribution in [0.1, 0.15) is 74.6 Å². The van der Waals surface area contributed by atoms with E-state index in [0.717, 1.165) is 93.7 Å². The van der Waals surface area contributed by atoms with Crippen LogP contribution in [0.2, 0.25) is 0 Å². The summed E-state index contributed by atoms with van der Waals surface area (Å²) in [6, 6.07) is 10.6. The van der Waals surface area contributed by atoms with Gasteiger partial charge in [0.1, 0.15) is 17.3 Å². The average Bonchev–Trinajstić information content (AvgIpc) is 3.23. The van der Waals surface area contributed by atoms with Gasteiger partial charge in [-0.25, -0.2) is 9.37 Å². The predicted molar refractivity (Wildman–Crippen MR) is 178 cm³/mol. The molecule has 5 rings (SSSR count). The molecule has 2 fully saturated rings. The molecule has 2 aliphatic rings. The van der Waals surface area contributed by atoms with E-state index in [1.807, 2.05) is 10.3 Å². The number of aromatic nitrogens is 2. The van der Waals surface area contributed by atoms with Crippen molar-refractivity contribution in [3.05, 3.63) is 70.6 Å². The van der Waals surface area contributed by atoms with Crippen molar-refractivity contribution in [2.45, 2.75) is 70.3 Å². The number of benzene rings is 1. The highest BCUT2D eigenvalue weighted by atomic mass is 32.2. The van der Waals surface area contributed by atoms with E-state index in [4.69, 9.17) is 10.7 Å². The van der Waals surface area contributed by atoms with Crippen molar-refractivity contribution < 1.29 is 14.3 Å². The molecule has 4 heterocycles. The molecule has 8 nitrogen and oxygen atoms in total. The van der Waals surface area contributed by atoms with Gasteiger partial charge in [0.05, 0.1) is 24.2 Å². The van der Waals surface area contributed by atoms with E-state index >= 15 is 0 Å². The molecule has 2 unspecified atom stereocenters. The SMILES string of the molecule is CCc1nc2ccc(C3CCCCN(CC(=O)N4CCCCC(O)C4)CC3)cn2c1N(C)CS/C=C(\N)c1ccc(F)cc1. The van der Waals surface area contributed by atoms with Gasteiger partial charge in [0.15, 0.2) is 0 Å². The molecule has 0 saturated carbocycles. The number of nitrogens with two attached hydrogens (primary N) is 1. The van der Waals surface area contributed by atoms with E-state index in [0.29, 0.717) is 30.6 Å². The van der Waals surface area contributed by atoms with E-state index in [1.54, 1.807) is 23.9 Å². The van der Waals surface area contributed by atoms with Gasteiger partial charge in [-0.2, -0.15) is 0 Å². The Hall–Kier alpha value is -3.08. The maximum Gasteiger partial charge on any atom is 0.236 e. The molecule has 2 aromatic heterocycles. The highest BCUT2D eigenvalue weighted by Gasteiger charge is 2.25.